The largest absolute Gasteiger partial charge is 0.308 e. The Hall–Kier alpha value is -0.130. The summed E-state index contributed by atoms with van der Waals surface area (Å²) in [5.41, 5.74) is 0. The van der Waals surface area contributed by atoms with Gasteiger partial charge in [-0.15, -0.1) is 4.72 Å². The van der Waals surface area contributed by atoms with Crippen LogP contribution in [0.25, 0.3) is 0 Å². The maximum Gasteiger partial charge on any atom is 0.227 e. The fourth-order valence-corrected chi connectivity index (χ4v) is 1.71. The summed E-state index contributed by atoms with van der Waals surface area (Å²) < 4.78 is 25.7. The van der Waals surface area contributed by atoms with Crippen molar-refractivity contribution in [3.8, 4) is 0 Å². The fourth-order valence-electron chi connectivity index (χ4n) is 0.702. The van der Waals surface area contributed by atoms with Gasteiger partial charge in [-0.05, 0) is 20.5 Å². The third-order valence-corrected chi connectivity index (χ3v) is 2.80. The third kappa shape index (κ3) is 6.57. The van der Waals surface area contributed by atoms with Gasteiger partial charge in [-0.3, -0.25) is 0 Å². The topological polar surface area (TPSA) is 51.5 Å². The summed E-state index contributed by atoms with van der Waals surface area (Å²) >= 11 is 0. The zero-order valence-electron chi connectivity index (χ0n) is 7.95. The van der Waals surface area contributed by atoms with Crippen LogP contribution in [0.1, 0.15) is 13.3 Å². The molecule has 0 saturated carbocycles. The molecule has 12 heavy (non-hydrogen) atoms. The predicted octanol–water partition coefficient (Wildman–Crippen LogP) is -0.108. The number of likely N-dealkylation sites (N-methyl/N-ethyl adjacent to an activating group) is 1. The zero-order valence-corrected chi connectivity index (χ0v) is 8.76. The highest BCUT2D eigenvalue weighted by molar-refractivity contribution is 7.89. The number of nitrogens with zero attached hydrogens (tertiary/aromatic N) is 2. The molecular weight excluding hydrogens is 176 g/mol. The zero-order chi connectivity index (χ0) is 9.61. The lowest BCUT2D eigenvalue weighted by atomic mass is 10.6. The quantitative estimate of drug-likeness (QED) is 0.591. The van der Waals surface area contributed by atoms with Gasteiger partial charge in [0, 0.05) is 13.1 Å². The summed E-state index contributed by atoms with van der Waals surface area (Å²) in [5, 5.41) is 0. The van der Waals surface area contributed by atoms with Crippen molar-refractivity contribution >= 4 is 10.0 Å². The predicted molar refractivity (Wildman–Crippen MR) is 49.6 cm³/mol. The molecule has 0 aromatic heterocycles. The summed E-state index contributed by atoms with van der Waals surface area (Å²) in [4.78, 5) is 1.91. The molecule has 0 spiro atoms. The first-order chi connectivity index (χ1) is 5.48. The maximum absolute atomic E-state index is 11.0. The second-order valence-corrected chi connectivity index (χ2v) is 4.77. The molecule has 0 amide bonds. The standard InChI is InChI=1S/C7H17N2O2S/c1-4-7-12(10,11)8-5-6-9(2)3/h4-7H2,1-3H3. The summed E-state index contributed by atoms with van der Waals surface area (Å²) in [6.07, 6.45) is 0.633. The molecule has 1 radical (unpaired) electrons. The van der Waals surface area contributed by atoms with Gasteiger partial charge in [-0.1, -0.05) is 6.92 Å². The lowest BCUT2D eigenvalue weighted by Crippen LogP contribution is -2.27. The lowest BCUT2D eigenvalue weighted by Gasteiger charge is -2.08. The minimum atomic E-state index is -3.13. The summed E-state index contributed by atoms with van der Waals surface area (Å²) in [5.74, 6) is 0.167. The van der Waals surface area contributed by atoms with E-state index in [1.165, 1.54) is 0 Å². The van der Waals surface area contributed by atoms with Gasteiger partial charge in [0.2, 0.25) is 10.0 Å². The first-order valence-electron chi connectivity index (χ1n) is 4.04. The van der Waals surface area contributed by atoms with E-state index in [1.54, 1.807) is 0 Å². The van der Waals surface area contributed by atoms with Crippen molar-refractivity contribution in [3.63, 3.8) is 0 Å². The summed E-state index contributed by atoms with van der Waals surface area (Å²) in [6.45, 7) is 2.89. The summed E-state index contributed by atoms with van der Waals surface area (Å²) in [6, 6.07) is 0. The molecule has 0 aromatic carbocycles. The second-order valence-electron chi connectivity index (χ2n) is 2.94. The molecule has 0 N–H and O–H groups in total. The van der Waals surface area contributed by atoms with Gasteiger partial charge < -0.3 is 4.90 Å². The number of hydrogen-bond acceptors (Lipinski definition) is 3. The van der Waals surface area contributed by atoms with E-state index in [-0.39, 0.29) is 5.75 Å². The van der Waals surface area contributed by atoms with E-state index in [0.717, 1.165) is 0 Å². The molecule has 0 unspecified atom stereocenters. The molecule has 0 atom stereocenters. The van der Waals surface area contributed by atoms with Crippen LogP contribution in [0.2, 0.25) is 0 Å². The third-order valence-electron chi connectivity index (χ3n) is 1.30. The van der Waals surface area contributed by atoms with Crippen LogP contribution in [0.15, 0.2) is 0 Å². The average Bonchev–Trinajstić information content (AvgIpc) is 1.85. The Bertz CT molecular complexity index is 199. The van der Waals surface area contributed by atoms with E-state index in [9.17, 15) is 8.42 Å². The molecule has 5 heteroatoms. The highest BCUT2D eigenvalue weighted by Gasteiger charge is 2.08. The molecule has 0 aliphatic heterocycles. The Labute approximate surface area is 75.0 Å². The molecule has 73 valence electrons. The van der Waals surface area contributed by atoms with Crippen molar-refractivity contribution in [1.29, 1.82) is 0 Å². The normalized spacial score (nSPS) is 12.3. The highest BCUT2D eigenvalue weighted by Crippen LogP contribution is 1.89. The van der Waals surface area contributed by atoms with Crippen LogP contribution >= 0.6 is 0 Å². The van der Waals surface area contributed by atoms with Crippen molar-refractivity contribution in [2.24, 2.45) is 0 Å². The number of hydrogen-bond donors (Lipinski definition) is 0. The summed E-state index contributed by atoms with van der Waals surface area (Å²) in [7, 11) is 0.653. The fraction of sp³-hybridized carbons (Fsp3) is 1.00. The number of sulfonamides is 1. The van der Waals surface area contributed by atoms with E-state index in [4.69, 9.17) is 0 Å². The van der Waals surface area contributed by atoms with E-state index in [2.05, 4.69) is 4.72 Å². The second kappa shape index (κ2) is 5.50. The van der Waals surface area contributed by atoms with E-state index >= 15 is 0 Å². The van der Waals surface area contributed by atoms with Crippen LogP contribution in [0.4, 0.5) is 0 Å². The Balaban J connectivity index is 3.62. The van der Waals surface area contributed by atoms with Crippen molar-refractivity contribution in [2.45, 2.75) is 13.3 Å². The SMILES string of the molecule is CCCS(=O)(=O)[N]CCN(C)C. The minimum Gasteiger partial charge on any atom is -0.308 e. The molecule has 0 aliphatic rings. The Kier molecular flexibility index (Phi) is 5.44. The minimum absolute atomic E-state index is 0.167. The van der Waals surface area contributed by atoms with E-state index in [1.807, 2.05) is 25.9 Å². The first-order valence-corrected chi connectivity index (χ1v) is 5.65. The van der Waals surface area contributed by atoms with Gasteiger partial charge in [-0.25, -0.2) is 8.42 Å². The molecule has 0 fully saturated rings. The monoisotopic (exact) mass is 193 g/mol. The van der Waals surface area contributed by atoms with E-state index < -0.39 is 10.0 Å². The Morgan fingerprint density at radius 3 is 2.33 bits per heavy atom. The van der Waals surface area contributed by atoms with Crippen molar-refractivity contribution in [2.75, 3.05) is 32.9 Å². The van der Waals surface area contributed by atoms with Crippen LogP contribution in [0.3, 0.4) is 0 Å². The van der Waals surface area contributed by atoms with Crippen molar-refractivity contribution < 1.29 is 8.42 Å². The van der Waals surface area contributed by atoms with E-state index in [0.29, 0.717) is 19.5 Å². The molecular formula is C7H17N2O2S. The molecule has 0 heterocycles. The number of rotatable bonds is 6. The van der Waals surface area contributed by atoms with Gasteiger partial charge in [0.05, 0.1) is 5.75 Å². The van der Waals surface area contributed by atoms with Gasteiger partial charge >= 0.3 is 0 Å². The molecule has 0 rings (SSSR count). The van der Waals surface area contributed by atoms with Crippen LogP contribution in [0, 0.1) is 0 Å². The highest BCUT2D eigenvalue weighted by atomic mass is 32.2. The van der Waals surface area contributed by atoms with Gasteiger partial charge in [0.25, 0.3) is 0 Å². The van der Waals surface area contributed by atoms with Gasteiger partial charge in [0.15, 0.2) is 0 Å². The molecule has 0 aliphatic carbocycles. The Morgan fingerprint density at radius 2 is 1.92 bits per heavy atom. The van der Waals surface area contributed by atoms with Crippen molar-refractivity contribution in [3.05, 3.63) is 0 Å². The van der Waals surface area contributed by atoms with Gasteiger partial charge in [-0.2, -0.15) is 0 Å². The van der Waals surface area contributed by atoms with Crippen LogP contribution < -0.4 is 4.72 Å². The van der Waals surface area contributed by atoms with Crippen LogP contribution in [-0.2, 0) is 10.0 Å². The molecule has 0 bridgehead atoms. The van der Waals surface area contributed by atoms with Crippen LogP contribution in [0.5, 0.6) is 0 Å². The smallest absolute Gasteiger partial charge is 0.227 e. The lowest BCUT2D eigenvalue weighted by molar-refractivity contribution is 0.411. The van der Waals surface area contributed by atoms with Gasteiger partial charge in [0.1, 0.15) is 0 Å². The molecule has 0 saturated heterocycles. The molecule has 4 nitrogen and oxygen atoms in total. The van der Waals surface area contributed by atoms with Crippen LogP contribution in [-0.4, -0.2) is 46.3 Å². The Morgan fingerprint density at radius 1 is 1.33 bits per heavy atom. The molecule has 0 aromatic rings. The average molecular weight is 193 g/mol. The van der Waals surface area contributed by atoms with Crippen molar-refractivity contribution in [1.82, 2.24) is 9.62 Å². The first kappa shape index (κ1) is 11.9. The maximum atomic E-state index is 11.0.